The number of hydrogen-bond acceptors (Lipinski definition) is 6. The van der Waals surface area contributed by atoms with Gasteiger partial charge in [0.1, 0.15) is 12.4 Å². The Morgan fingerprint density at radius 1 is 1.28 bits per heavy atom. The van der Waals surface area contributed by atoms with Crippen molar-refractivity contribution in [2.75, 3.05) is 20.3 Å². The van der Waals surface area contributed by atoms with Gasteiger partial charge in [0.05, 0.1) is 18.1 Å². The third-order valence-electron chi connectivity index (χ3n) is 5.78. The lowest BCUT2D eigenvalue weighted by atomic mass is 9.72. The lowest BCUT2D eigenvalue weighted by Crippen LogP contribution is -2.36. The zero-order valence-electron chi connectivity index (χ0n) is 17.7. The first-order valence-corrected chi connectivity index (χ1v) is 12.0. The molecule has 1 N–H and O–H groups in total. The number of dihydropyridines is 1. The number of Topliss-reactive ketones (excluding diaryl/α,β-unsaturated/α-hetero) is 1. The zero-order valence-corrected chi connectivity index (χ0v) is 20.1. The topological polar surface area (TPSA) is 64.6 Å². The Balaban J connectivity index is 1.80. The average Bonchev–Trinajstić information content (AvgIpc) is 3.29. The smallest absolute Gasteiger partial charge is 0.336 e. The first kappa shape index (κ1) is 22.9. The predicted molar refractivity (Wildman–Crippen MR) is 124 cm³/mol. The van der Waals surface area contributed by atoms with Crippen LogP contribution in [0.1, 0.15) is 42.0 Å². The second-order valence-electron chi connectivity index (χ2n) is 7.83. The molecule has 2 aromatic rings. The summed E-state index contributed by atoms with van der Waals surface area (Å²) in [6.45, 7) is 2.08. The fourth-order valence-corrected chi connectivity index (χ4v) is 5.59. The lowest BCUT2D eigenvalue weighted by Gasteiger charge is -2.36. The monoisotopic (exact) mass is 519 g/mol. The third kappa shape index (κ3) is 4.44. The molecule has 32 heavy (non-hydrogen) atoms. The van der Waals surface area contributed by atoms with Crippen molar-refractivity contribution in [3.63, 3.8) is 0 Å². The van der Waals surface area contributed by atoms with E-state index < -0.39 is 17.7 Å². The Labute approximate surface area is 198 Å². The Hall–Kier alpha value is -2.29. The highest BCUT2D eigenvalue weighted by atomic mass is 79.9. The number of rotatable bonds is 6. The van der Waals surface area contributed by atoms with E-state index in [0.717, 1.165) is 10.6 Å². The highest BCUT2D eigenvalue weighted by Gasteiger charge is 2.42. The summed E-state index contributed by atoms with van der Waals surface area (Å²) in [5.41, 5.74) is 2.28. The van der Waals surface area contributed by atoms with Crippen LogP contribution >= 0.6 is 27.3 Å². The minimum Gasteiger partial charge on any atom is -0.460 e. The molecule has 0 bridgehead atoms. The number of carbonyl (C=O) groups excluding carboxylic acids is 2. The molecule has 0 amide bonds. The molecule has 0 spiro atoms. The highest BCUT2D eigenvalue weighted by Crippen LogP contribution is 2.47. The number of ether oxygens (including phenoxy) is 2. The number of hydrogen-bond donors (Lipinski definition) is 1. The van der Waals surface area contributed by atoms with Gasteiger partial charge < -0.3 is 14.8 Å². The van der Waals surface area contributed by atoms with E-state index in [2.05, 4.69) is 21.2 Å². The van der Waals surface area contributed by atoms with Gasteiger partial charge in [-0.3, -0.25) is 4.79 Å². The summed E-state index contributed by atoms with van der Waals surface area (Å²) in [5, 5.41) is 5.27. The Morgan fingerprint density at radius 3 is 2.81 bits per heavy atom. The van der Waals surface area contributed by atoms with E-state index in [1.165, 1.54) is 13.2 Å². The van der Waals surface area contributed by atoms with E-state index in [1.807, 2.05) is 17.5 Å². The number of benzene rings is 1. The SMILES string of the molecule is COCCOC(=O)C1=C(C)NC2=C(C(=O)C[C@H](c3cccs3)C2)[C@@H]1c1cc(Br)ccc1F. The van der Waals surface area contributed by atoms with Gasteiger partial charge in [-0.2, -0.15) is 0 Å². The summed E-state index contributed by atoms with van der Waals surface area (Å²) in [6.07, 6.45) is 0.940. The van der Waals surface area contributed by atoms with Gasteiger partial charge >= 0.3 is 5.97 Å². The van der Waals surface area contributed by atoms with Gasteiger partial charge in [-0.15, -0.1) is 11.3 Å². The molecule has 8 heteroatoms. The highest BCUT2D eigenvalue weighted by molar-refractivity contribution is 9.10. The minimum atomic E-state index is -0.837. The minimum absolute atomic E-state index is 0.0600. The fraction of sp³-hybridized carbons (Fsp3) is 0.333. The number of allylic oxidation sites excluding steroid dienone is 3. The number of nitrogens with one attached hydrogen (secondary N) is 1. The van der Waals surface area contributed by atoms with Crippen LogP contribution in [-0.4, -0.2) is 32.1 Å². The summed E-state index contributed by atoms with van der Waals surface area (Å²) in [6, 6.07) is 8.57. The van der Waals surface area contributed by atoms with E-state index in [9.17, 15) is 9.59 Å². The lowest BCUT2D eigenvalue weighted by molar-refractivity contribution is -0.140. The van der Waals surface area contributed by atoms with Crippen LogP contribution in [0, 0.1) is 5.82 Å². The van der Waals surface area contributed by atoms with Crippen molar-refractivity contribution in [3.05, 3.63) is 79.0 Å². The van der Waals surface area contributed by atoms with Gasteiger partial charge in [-0.1, -0.05) is 22.0 Å². The molecule has 5 nitrogen and oxygen atoms in total. The Kier molecular flexibility index (Phi) is 6.93. The number of halogens is 2. The molecule has 0 saturated carbocycles. The van der Waals surface area contributed by atoms with Crippen LogP contribution in [0.2, 0.25) is 0 Å². The molecule has 4 rings (SSSR count). The van der Waals surface area contributed by atoms with E-state index in [1.54, 1.807) is 30.4 Å². The van der Waals surface area contributed by atoms with Gasteiger partial charge in [0.2, 0.25) is 0 Å². The molecule has 0 saturated heterocycles. The summed E-state index contributed by atoms with van der Waals surface area (Å²) < 4.78 is 26.1. The second-order valence-corrected chi connectivity index (χ2v) is 9.72. The van der Waals surface area contributed by atoms with Crippen LogP contribution in [0.3, 0.4) is 0 Å². The average molecular weight is 520 g/mol. The molecule has 0 fully saturated rings. The Bertz CT molecular complexity index is 1110. The van der Waals surface area contributed by atoms with Crippen molar-refractivity contribution in [2.24, 2.45) is 0 Å². The maximum absolute atomic E-state index is 15.0. The quantitative estimate of drug-likeness (QED) is 0.419. The van der Waals surface area contributed by atoms with E-state index in [4.69, 9.17) is 9.47 Å². The summed E-state index contributed by atoms with van der Waals surface area (Å²) in [5.74, 6) is -1.93. The zero-order chi connectivity index (χ0) is 22.8. The van der Waals surface area contributed by atoms with Crippen molar-refractivity contribution in [1.82, 2.24) is 5.32 Å². The maximum atomic E-state index is 15.0. The number of ketones is 1. The summed E-state index contributed by atoms with van der Waals surface area (Å²) >= 11 is 5.02. The molecule has 0 unspecified atom stereocenters. The second kappa shape index (κ2) is 9.68. The van der Waals surface area contributed by atoms with Crippen LogP contribution in [0.15, 0.2) is 62.7 Å². The largest absolute Gasteiger partial charge is 0.460 e. The molecule has 1 aliphatic heterocycles. The number of thiophene rings is 1. The van der Waals surface area contributed by atoms with Crippen molar-refractivity contribution in [3.8, 4) is 0 Å². The van der Waals surface area contributed by atoms with Crippen molar-refractivity contribution in [2.45, 2.75) is 31.6 Å². The van der Waals surface area contributed by atoms with Gasteiger partial charge in [0.25, 0.3) is 0 Å². The fourth-order valence-electron chi connectivity index (χ4n) is 4.38. The molecule has 1 aromatic heterocycles. The van der Waals surface area contributed by atoms with Crippen molar-refractivity contribution >= 4 is 39.0 Å². The first-order chi connectivity index (χ1) is 15.4. The van der Waals surface area contributed by atoms with E-state index in [0.29, 0.717) is 28.6 Å². The summed E-state index contributed by atoms with van der Waals surface area (Å²) in [4.78, 5) is 27.6. The molecule has 0 radical (unpaired) electrons. The number of methoxy groups -OCH3 is 1. The summed E-state index contributed by atoms with van der Waals surface area (Å²) in [7, 11) is 1.52. The van der Waals surface area contributed by atoms with Gasteiger partial charge in [0, 0.05) is 51.3 Å². The molecule has 1 aromatic carbocycles. The molecular formula is C24H23BrFNO4S. The van der Waals surface area contributed by atoms with E-state index in [-0.39, 0.29) is 36.1 Å². The first-order valence-electron chi connectivity index (χ1n) is 10.3. The van der Waals surface area contributed by atoms with Crippen LogP contribution in [-0.2, 0) is 19.1 Å². The third-order valence-corrected chi connectivity index (χ3v) is 7.31. The van der Waals surface area contributed by atoms with Crippen molar-refractivity contribution < 1.29 is 23.5 Å². The normalized spacial score (nSPS) is 20.8. The molecule has 168 valence electrons. The van der Waals surface area contributed by atoms with Crippen LogP contribution in [0.4, 0.5) is 4.39 Å². The van der Waals surface area contributed by atoms with Crippen molar-refractivity contribution in [1.29, 1.82) is 0 Å². The van der Waals surface area contributed by atoms with Gasteiger partial charge in [-0.25, -0.2) is 9.18 Å². The number of esters is 1. The molecule has 2 atom stereocenters. The maximum Gasteiger partial charge on any atom is 0.336 e. The van der Waals surface area contributed by atoms with Crippen LogP contribution < -0.4 is 5.32 Å². The standard InChI is InChI=1S/C24H23BrFNO4S/c1-13-21(24(29)31-8-7-30-2)22(16-12-15(25)5-6-17(16)26)23-18(27-13)10-14(11-19(23)28)20-4-3-9-32-20/h3-6,9,12,14,22,27H,7-8,10-11H2,1-2H3/t14-,22-/m1/s1. The molecular weight excluding hydrogens is 497 g/mol. The van der Waals surface area contributed by atoms with Gasteiger partial charge in [-0.05, 0) is 43.0 Å². The Morgan fingerprint density at radius 2 is 2.09 bits per heavy atom. The molecule has 2 heterocycles. The van der Waals surface area contributed by atoms with E-state index >= 15 is 4.39 Å². The van der Waals surface area contributed by atoms with Crippen LogP contribution in [0.5, 0.6) is 0 Å². The molecule has 1 aliphatic carbocycles. The molecule has 2 aliphatic rings. The number of carbonyl (C=O) groups is 2. The predicted octanol–water partition coefficient (Wildman–Crippen LogP) is 5.20. The van der Waals surface area contributed by atoms with Gasteiger partial charge in [0.15, 0.2) is 5.78 Å². The van der Waals surface area contributed by atoms with Crippen LogP contribution in [0.25, 0.3) is 0 Å².